The molecule has 2 rings (SSSR count). The summed E-state index contributed by atoms with van der Waals surface area (Å²) in [5, 5.41) is 5.47. The van der Waals surface area contributed by atoms with E-state index in [9.17, 15) is 9.59 Å². The minimum Gasteiger partial charge on any atom is -0.459 e. The minimum absolute atomic E-state index is 0.186. The van der Waals surface area contributed by atoms with Crippen LogP contribution in [0.1, 0.15) is 28.6 Å². The van der Waals surface area contributed by atoms with E-state index in [1.807, 2.05) is 38.4 Å². The number of carbonyl (C=O) groups excluding carboxylic acids is 2. The topological polar surface area (TPSA) is 74.6 Å². The molecule has 0 saturated heterocycles. The highest BCUT2D eigenvalue weighted by Gasteiger charge is 2.18. The van der Waals surface area contributed by atoms with E-state index in [2.05, 4.69) is 15.5 Å². The van der Waals surface area contributed by atoms with Gasteiger partial charge in [-0.1, -0.05) is 24.3 Å². The van der Waals surface area contributed by atoms with Crippen LogP contribution in [0.2, 0.25) is 0 Å². The Morgan fingerprint density at radius 1 is 1.12 bits per heavy atom. The SMILES string of the molecule is CC(NC(=O)c1ccco1)C(=O)NCc1ccccc1CN(C)C. The Kier molecular flexibility index (Phi) is 6.14. The minimum atomic E-state index is -0.649. The van der Waals surface area contributed by atoms with Crippen LogP contribution < -0.4 is 10.6 Å². The summed E-state index contributed by atoms with van der Waals surface area (Å²) >= 11 is 0. The molecule has 0 bridgehead atoms. The second kappa shape index (κ2) is 8.31. The van der Waals surface area contributed by atoms with Crippen molar-refractivity contribution in [3.63, 3.8) is 0 Å². The summed E-state index contributed by atoms with van der Waals surface area (Å²) in [6, 6.07) is 10.5. The standard InChI is InChI=1S/C18H23N3O3/c1-13(20-18(23)16-9-6-10-24-16)17(22)19-11-14-7-4-5-8-15(14)12-21(2)3/h4-10,13H,11-12H2,1-3H3,(H,19,22)(H,20,23). The molecule has 0 aliphatic rings. The third-order valence-corrected chi connectivity index (χ3v) is 3.54. The number of nitrogens with zero attached hydrogens (tertiary/aromatic N) is 1. The van der Waals surface area contributed by atoms with Crippen LogP contribution in [-0.2, 0) is 17.9 Å². The van der Waals surface area contributed by atoms with Crippen LogP contribution in [0, 0.1) is 0 Å². The van der Waals surface area contributed by atoms with Crippen LogP contribution in [0.15, 0.2) is 47.1 Å². The summed E-state index contributed by atoms with van der Waals surface area (Å²) in [5.74, 6) is -0.462. The lowest BCUT2D eigenvalue weighted by Gasteiger charge is -2.16. The molecular formula is C18H23N3O3. The predicted octanol–water partition coefficient (Wildman–Crippen LogP) is 1.78. The molecule has 6 heteroatoms. The van der Waals surface area contributed by atoms with Gasteiger partial charge in [0.05, 0.1) is 6.26 Å². The Hall–Kier alpha value is -2.60. The Balaban J connectivity index is 1.90. The van der Waals surface area contributed by atoms with Crippen molar-refractivity contribution in [1.29, 1.82) is 0 Å². The van der Waals surface area contributed by atoms with E-state index in [4.69, 9.17) is 4.42 Å². The van der Waals surface area contributed by atoms with Crippen LogP contribution >= 0.6 is 0 Å². The first-order chi connectivity index (χ1) is 11.5. The zero-order valence-electron chi connectivity index (χ0n) is 14.2. The molecule has 24 heavy (non-hydrogen) atoms. The average molecular weight is 329 g/mol. The summed E-state index contributed by atoms with van der Waals surface area (Å²) < 4.78 is 5.01. The Morgan fingerprint density at radius 2 is 1.83 bits per heavy atom. The third-order valence-electron chi connectivity index (χ3n) is 3.54. The molecule has 0 radical (unpaired) electrons. The van der Waals surface area contributed by atoms with Crippen LogP contribution in [-0.4, -0.2) is 36.9 Å². The van der Waals surface area contributed by atoms with Crippen molar-refractivity contribution in [2.24, 2.45) is 0 Å². The molecule has 1 aromatic heterocycles. The molecule has 2 amide bonds. The van der Waals surface area contributed by atoms with Gasteiger partial charge in [0, 0.05) is 13.1 Å². The van der Waals surface area contributed by atoms with Crippen LogP contribution in [0.4, 0.5) is 0 Å². The fourth-order valence-electron chi connectivity index (χ4n) is 2.30. The van der Waals surface area contributed by atoms with E-state index in [0.29, 0.717) is 6.54 Å². The number of nitrogens with one attached hydrogen (secondary N) is 2. The summed E-state index contributed by atoms with van der Waals surface area (Å²) in [4.78, 5) is 26.1. The van der Waals surface area contributed by atoms with Crippen LogP contribution in [0.5, 0.6) is 0 Å². The molecule has 1 unspecified atom stereocenters. The second-order valence-corrected chi connectivity index (χ2v) is 5.90. The smallest absolute Gasteiger partial charge is 0.287 e. The molecule has 1 aromatic carbocycles. The maximum Gasteiger partial charge on any atom is 0.287 e. The molecule has 0 fully saturated rings. The molecule has 1 atom stereocenters. The summed E-state index contributed by atoms with van der Waals surface area (Å²) in [6.07, 6.45) is 1.42. The first-order valence-electron chi connectivity index (χ1n) is 7.81. The van der Waals surface area contributed by atoms with Crippen molar-refractivity contribution in [3.8, 4) is 0 Å². The number of carbonyl (C=O) groups is 2. The number of rotatable bonds is 7. The van der Waals surface area contributed by atoms with E-state index in [-0.39, 0.29) is 11.7 Å². The third kappa shape index (κ3) is 4.96. The molecule has 6 nitrogen and oxygen atoms in total. The molecule has 128 valence electrons. The van der Waals surface area contributed by atoms with Gasteiger partial charge in [-0.3, -0.25) is 9.59 Å². The van der Waals surface area contributed by atoms with Gasteiger partial charge in [0.25, 0.3) is 5.91 Å². The van der Waals surface area contributed by atoms with Gasteiger partial charge in [0.1, 0.15) is 6.04 Å². The van der Waals surface area contributed by atoms with Crippen molar-refractivity contribution in [2.75, 3.05) is 14.1 Å². The second-order valence-electron chi connectivity index (χ2n) is 5.90. The van der Waals surface area contributed by atoms with E-state index in [0.717, 1.165) is 17.7 Å². The highest BCUT2D eigenvalue weighted by molar-refractivity contribution is 5.95. The first-order valence-corrected chi connectivity index (χ1v) is 7.81. The molecule has 0 aliphatic heterocycles. The van der Waals surface area contributed by atoms with Crippen LogP contribution in [0.3, 0.4) is 0 Å². The van der Waals surface area contributed by atoms with Gasteiger partial charge in [-0.2, -0.15) is 0 Å². The number of hydrogen-bond donors (Lipinski definition) is 2. The normalized spacial score (nSPS) is 12.0. The molecule has 0 spiro atoms. The Morgan fingerprint density at radius 3 is 2.46 bits per heavy atom. The van der Waals surface area contributed by atoms with Crippen molar-refractivity contribution in [3.05, 3.63) is 59.5 Å². The lowest BCUT2D eigenvalue weighted by molar-refractivity contribution is -0.122. The van der Waals surface area contributed by atoms with Gasteiger partial charge in [-0.15, -0.1) is 0 Å². The van der Waals surface area contributed by atoms with E-state index < -0.39 is 11.9 Å². The van der Waals surface area contributed by atoms with Gasteiger partial charge >= 0.3 is 0 Å². The van der Waals surface area contributed by atoms with E-state index >= 15 is 0 Å². The van der Waals surface area contributed by atoms with E-state index in [1.54, 1.807) is 19.1 Å². The highest BCUT2D eigenvalue weighted by atomic mass is 16.3. The monoisotopic (exact) mass is 329 g/mol. The molecule has 1 heterocycles. The summed E-state index contributed by atoms with van der Waals surface area (Å²) in [6.45, 7) is 2.86. The fourth-order valence-corrected chi connectivity index (χ4v) is 2.30. The highest BCUT2D eigenvalue weighted by Crippen LogP contribution is 2.10. The lowest BCUT2D eigenvalue weighted by Crippen LogP contribution is -2.44. The lowest BCUT2D eigenvalue weighted by atomic mass is 10.1. The number of amides is 2. The molecule has 2 aromatic rings. The maximum absolute atomic E-state index is 12.2. The predicted molar refractivity (Wildman–Crippen MR) is 91.3 cm³/mol. The van der Waals surface area contributed by atoms with Crippen LogP contribution in [0.25, 0.3) is 0 Å². The molecule has 0 aliphatic carbocycles. The van der Waals surface area contributed by atoms with Gasteiger partial charge in [0.2, 0.25) is 5.91 Å². The Bertz CT molecular complexity index is 681. The van der Waals surface area contributed by atoms with Crippen molar-refractivity contribution in [2.45, 2.75) is 26.1 Å². The molecule has 2 N–H and O–H groups in total. The molecule has 0 saturated carbocycles. The van der Waals surface area contributed by atoms with Gasteiger partial charge in [-0.05, 0) is 44.3 Å². The number of hydrogen-bond acceptors (Lipinski definition) is 4. The first kappa shape index (κ1) is 17.7. The fraction of sp³-hybridized carbons (Fsp3) is 0.333. The maximum atomic E-state index is 12.2. The summed E-state index contributed by atoms with van der Waals surface area (Å²) in [7, 11) is 4.00. The average Bonchev–Trinajstić information content (AvgIpc) is 3.07. The summed E-state index contributed by atoms with van der Waals surface area (Å²) in [5.41, 5.74) is 2.22. The zero-order chi connectivity index (χ0) is 17.5. The van der Waals surface area contributed by atoms with Gasteiger partial charge in [-0.25, -0.2) is 0 Å². The Labute approximate surface area is 141 Å². The quantitative estimate of drug-likeness (QED) is 0.812. The van der Waals surface area contributed by atoms with Crippen molar-refractivity contribution >= 4 is 11.8 Å². The van der Waals surface area contributed by atoms with Gasteiger partial charge < -0.3 is 20.0 Å². The van der Waals surface area contributed by atoms with Crippen molar-refractivity contribution in [1.82, 2.24) is 15.5 Å². The van der Waals surface area contributed by atoms with Crippen molar-refractivity contribution < 1.29 is 14.0 Å². The zero-order valence-corrected chi connectivity index (χ0v) is 14.2. The van der Waals surface area contributed by atoms with E-state index in [1.165, 1.54) is 6.26 Å². The number of furan rings is 1. The number of benzene rings is 1. The molecular weight excluding hydrogens is 306 g/mol. The largest absolute Gasteiger partial charge is 0.459 e. The van der Waals surface area contributed by atoms with Gasteiger partial charge in [0.15, 0.2) is 5.76 Å².